The predicted octanol–water partition coefficient (Wildman–Crippen LogP) is 4.07. The zero-order valence-corrected chi connectivity index (χ0v) is 16.4. The maximum Gasteiger partial charge on any atom is 0.259 e. The second-order valence-corrected chi connectivity index (χ2v) is 8.88. The Morgan fingerprint density at radius 1 is 1.18 bits per heavy atom. The van der Waals surface area contributed by atoms with Gasteiger partial charge in [0.1, 0.15) is 11.6 Å². The molecule has 1 aromatic rings. The summed E-state index contributed by atoms with van der Waals surface area (Å²) in [7, 11) is 0. The van der Waals surface area contributed by atoms with Crippen LogP contribution in [0.1, 0.15) is 51.0 Å². The van der Waals surface area contributed by atoms with Crippen LogP contribution in [0.15, 0.2) is 23.8 Å². The normalized spacial score (nSPS) is 30.7. The van der Waals surface area contributed by atoms with Crippen molar-refractivity contribution in [1.29, 1.82) is 5.26 Å². The van der Waals surface area contributed by atoms with Gasteiger partial charge in [-0.15, -0.1) is 0 Å². The molecule has 0 atom stereocenters. The van der Waals surface area contributed by atoms with Crippen molar-refractivity contribution in [2.24, 2.45) is 28.9 Å². The lowest BCUT2D eigenvalue weighted by molar-refractivity contribution is -0.114. The third-order valence-corrected chi connectivity index (χ3v) is 6.66. The molecule has 4 aliphatic carbocycles. The minimum Gasteiger partial charge on any atom is -0.490 e. The maximum atomic E-state index is 11.3. The molecule has 4 aliphatic rings. The van der Waals surface area contributed by atoms with Crippen molar-refractivity contribution in [3.63, 3.8) is 0 Å². The van der Waals surface area contributed by atoms with Crippen LogP contribution in [0, 0.1) is 34.5 Å². The van der Waals surface area contributed by atoms with E-state index in [0.29, 0.717) is 23.3 Å². The number of carbonyl (C=O) groups excluding carboxylic acids is 1. The molecule has 28 heavy (non-hydrogen) atoms. The monoisotopic (exact) mass is 380 g/mol. The van der Waals surface area contributed by atoms with E-state index < -0.39 is 5.91 Å². The molecule has 4 fully saturated rings. The van der Waals surface area contributed by atoms with Gasteiger partial charge in [-0.3, -0.25) is 4.79 Å². The molecule has 0 heterocycles. The Bertz CT molecular complexity index is 801. The Kier molecular flexibility index (Phi) is 5.05. The number of nitrogens with zero attached hydrogens (tertiary/aromatic N) is 1. The van der Waals surface area contributed by atoms with E-state index in [9.17, 15) is 4.79 Å². The van der Waals surface area contributed by atoms with Crippen LogP contribution in [0.5, 0.6) is 11.5 Å². The minimum absolute atomic E-state index is 0.0790. The lowest BCUT2D eigenvalue weighted by Gasteiger charge is -2.56. The summed E-state index contributed by atoms with van der Waals surface area (Å²) in [4.78, 5) is 11.3. The van der Waals surface area contributed by atoms with Crippen LogP contribution >= 0.6 is 0 Å². The van der Waals surface area contributed by atoms with Crippen molar-refractivity contribution in [3.05, 3.63) is 29.3 Å². The average Bonchev–Trinajstić information content (AvgIpc) is 2.64. The standard InChI is InChI=1S/C23H28N2O3/c1-2-27-21-9-15(8-19(13-24)22(25)26)3-4-20(21)28-14-23-10-16-5-17(11-23)7-18(6-16)12-23/h3-4,8-9,16-18H,2,5-7,10-12,14H2,1H3,(H2,25,26)/b19-8+. The van der Waals surface area contributed by atoms with Gasteiger partial charge in [0.05, 0.1) is 13.2 Å². The minimum atomic E-state index is -0.734. The molecule has 0 aliphatic heterocycles. The molecule has 5 nitrogen and oxygen atoms in total. The second kappa shape index (κ2) is 7.50. The molecule has 5 heteroatoms. The van der Waals surface area contributed by atoms with E-state index in [1.807, 2.05) is 25.1 Å². The average molecular weight is 380 g/mol. The first-order valence-electron chi connectivity index (χ1n) is 10.3. The van der Waals surface area contributed by atoms with Gasteiger partial charge in [0, 0.05) is 5.41 Å². The Balaban J connectivity index is 1.51. The summed E-state index contributed by atoms with van der Waals surface area (Å²) in [6.45, 7) is 3.19. The summed E-state index contributed by atoms with van der Waals surface area (Å²) in [6.07, 6.45) is 9.65. The highest BCUT2D eigenvalue weighted by molar-refractivity contribution is 6.00. The molecular weight excluding hydrogens is 352 g/mol. The third-order valence-electron chi connectivity index (χ3n) is 6.66. The largest absolute Gasteiger partial charge is 0.490 e. The fourth-order valence-electron chi connectivity index (χ4n) is 6.02. The van der Waals surface area contributed by atoms with E-state index in [1.54, 1.807) is 6.07 Å². The highest BCUT2D eigenvalue weighted by atomic mass is 16.5. The van der Waals surface area contributed by atoms with Gasteiger partial charge in [0.25, 0.3) is 5.91 Å². The van der Waals surface area contributed by atoms with Crippen molar-refractivity contribution >= 4 is 12.0 Å². The lowest BCUT2D eigenvalue weighted by atomic mass is 9.50. The highest BCUT2D eigenvalue weighted by Crippen LogP contribution is 2.60. The zero-order chi connectivity index (χ0) is 19.7. The van der Waals surface area contributed by atoms with Crippen molar-refractivity contribution < 1.29 is 14.3 Å². The van der Waals surface area contributed by atoms with Crippen molar-refractivity contribution in [2.45, 2.75) is 45.4 Å². The fraction of sp³-hybridized carbons (Fsp3) is 0.565. The summed E-state index contributed by atoms with van der Waals surface area (Å²) in [5.41, 5.74) is 6.17. The molecule has 2 N–H and O–H groups in total. The van der Waals surface area contributed by atoms with Gasteiger partial charge in [0.15, 0.2) is 11.5 Å². The Morgan fingerprint density at radius 2 is 1.82 bits per heavy atom. The second-order valence-electron chi connectivity index (χ2n) is 8.88. The molecule has 5 rings (SSSR count). The number of amides is 1. The van der Waals surface area contributed by atoms with Crippen LogP contribution in [0.4, 0.5) is 0 Å². The van der Waals surface area contributed by atoms with Crippen LogP contribution in [0.25, 0.3) is 6.08 Å². The number of primary amides is 1. The number of nitriles is 1. The van der Waals surface area contributed by atoms with Gasteiger partial charge in [-0.25, -0.2) is 0 Å². The molecule has 148 valence electrons. The first kappa shape index (κ1) is 18.9. The summed E-state index contributed by atoms with van der Waals surface area (Å²) in [5.74, 6) is 3.32. The number of rotatable bonds is 7. The first-order chi connectivity index (χ1) is 13.5. The molecular formula is C23H28N2O3. The fourth-order valence-corrected chi connectivity index (χ4v) is 6.02. The molecule has 0 spiro atoms. The van der Waals surface area contributed by atoms with Gasteiger partial charge in [0.2, 0.25) is 0 Å². The summed E-state index contributed by atoms with van der Waals surface area (Å²) >= 11 is 0. The van der Waals surface area contributed by atoms with E-state index in [1.165, 1.54) is 44.6 Å². The van der Waals surface area contributed by atoms with E-state index in [4.69, 9.17) is 20.5 Å². The maximum absolute atomic E-state index is 11.3. The number of hydrogen-bond acceptors (Lipinski definition) is 4. The molecule has 1 aromatic carbocycles. The van der Waals surface area contributed by atoms with Gasteiger partial charge in [-0.05, 0) is 87.0 Å². The first-order valence-corrected chi connectivity index (χ1v) is 10.3. The number of hydrogen-bond donors (Lipinski definition) is 1. The van der Waals surface area contributed by atoms with Crippen molar-refractivity contribution in [3.8, 4) is 17.6 Å². The Labute approximate surface area is 166 Å². The van der Waals surface area contributed by atoms with Crippen molar-refractivity contribution in [2.75, 3.05) is 13.2 Å². The number of nitrogens with two attached hydrogens (primary N) is 1. The molecule has 0 unspecified atom stereocenters. The lowest BCUT2D eigenvalue weighted by Crippen LogP contribution is -2.48. The molecule has 4 bridgehead atoms. The van der Waals surface area contributed by atoms with Gasteiger partial charge in [-0.2, -0.15) is 5.26 Å². The smallest absolute Gasteiger partial charge is 0.259 e. The zero-order valence-electron chi connectivity index (χ0n) is 16.4. The van der Waals surface area contributed by atoms with E-state index in [2.05, 4.69) is 0 Å². The number of carbonyl (C=O) groups is 1. The summed E-state index contributed by atoms with van der Waals surface area (Å²) in [6, 6.07) is 7.33. The van der Waals surface area contributed by atoms with E-state index >= 15 is 0 Å². The molecule has 0 radical (unpaired) electrons. The molecule has 1 amide bonds. The SMILES string of the molecule is CCOc1cc(/C=C(\C#N)C(N)=O)ccc1OCC12CC3CC(CC(C3)C1)C2. The number of ether oxygens (including phenoxy) is 2. The molecule has 0 saturated heterocycles. The van der Waals surface area contributed by atoms with Crippen LogP contribution in [0.2, 0.25) is 0 Å². The van der Waals surface area contributed by atoms with Gasteiger partial charge < -0.3 is 15.2 Å². The topological polar surface area (TPSA) is 85.3 Å². The van der Waals surface area contributed by atoms with Gasteiger partial charge in [-0.1, -0.05) is 6.07 Å². The third kappa shape index (κ3) is 3.73. The predicted molar refractivity (Wildman–Crippen MR) is 106 cm³/mol. The van der Waals surface area contributed by atoms with Crippen molar-refractivity contribution in [1.82, 2.24) is 0 Å². The quantitative estimate of drug-likeness (QED) is 0.571. The van der Waals surface area contributed by atoms with Gasteiger partial charge >= 0.3 is 0 Å². The summed E-state index contributed by atoms with van der Waals surface area (Å²) in [5, 5.41) is 9.05. The Morgan fingerprint density at radius 3 is 2.36 bits per heavy atom. The number of benzene rings is 1. The van der Waals surface area contributed by atoms with E-state index in [-0.39, 0.29) is 5.57 Å². The van der Waals surface area contributed by atoms with E-state index in [0.717, 1.165) is 30.1 Å². The Hall–Kier alpha value is -2.48. The van der Waals surface area contributed by atoms with Crippen LogP contribution < -0.4 is 15.2 Å². The van der Waals surface area contributed by atoms with Crippen LogP contribution in [-0.2, 0) is 4.79 Å². The molecule has 0 aromatic heterocycles. The summed E-state index contributed by atoms with van der Waals surface area (Å²) < 4.78 is 12.1. The molecule has 4 saturated carbocycles. The van der Waals surface area contributed by atoms with Crippen LogP contribution in [-0.4, -0.2) is 19.1 Å². The van der Waals surface area contributed by atoms with Crippen LogP contribution in [0.3, 0.4) is 0 Å². The highest BCUT2D eigenvalue weighted by Gasteiger charge is 2.51.